The normalized spacial score (nSPS) is 22.6. The maximum absolute atomic E-state index is 4.58. The second-order valence-electron chi connectivity index (χ2n) is 5.48. The molecule has 1 aliphatic carbocycles. The first-order chi connectivity index (χ1) is 9.63. The first-order valence-electron chi connectivity index (χ1n) is 7.52. The fraction of sp³-hybridized carbons (Fsp3) is 0.733. The minimum atomic E-state index is 0.556. The first-order valence-corrected chi connectivity index (χ1v) is 8.81. The van der Waals surface area contributed by atoms with E-state index in [-0.39, 0.29) is 0 Å². The van der Waals surface area contributed by atoms with Crippen molar-refractivity contribution in [2.45, 2.75) is 57.7 Å². The van der Waals surface area contributed by atoms with Gasteiger partial charge in [0.1, 0.15) is 17.5 Å². The number of aromatic nitrogens is 2. The molecule has 2 rings (SSSR count). The van der Waals surface area contributed by atoms with Gasteiger partial charge in [0.2, 0.25) is 0 Å². The second-order valence-corrected chi connectivity index (χ2v) is 6.62. The predicted octanol–water partition coefficient (Wildman–Crippen LogP) is 3.61. The summed E-state index contributed by atoms with van der Waals surface area (Å²) in [7, 11) is 0. The van der Waals surface area contributed by atoms with Crippen LogP contribution in [-0.4, -0.2) is 34.1 Å². The molecule has 5 heteroatoms. The van der Waals surface area contributed by atoms with Crippen LogP contribution in [0.1, 0.15) is 44.0 Å². The number of thioether (sulfide) groups is 1. The topological polar surface area (TPSA) is 49.8 Å². The summed E-state index contributed by atoms with van der Waals surface area (Å²) in [6, 6.07) is 0.556. The molecule has 20 heavy (non-hydrogen) atoms. The van der Waals surface area contributed by atoms with Crippen molar-refractivity contribution in [3.63, 3.8) is 0 Å². The largest absolute Gasteiger partial charge is 0.370 e. The smallest absolute Gasteiger partial charge is 0.134 e. The number of rotatable bonds is 5. The van der Waals surface area contributed by atoms with Crippen molar-refractivity contribution in [1.29, 1.82) is 0 Å². The van der Waals surface area contributed by atoms with Crippen LogP contribution in [0, 0.1) is 13.8 Å². The van der Waals surface area contributed by atoms with Gasteiger partial charge in [0.25, 0.3) is 0 Å². The summed E-state index contributed by atoms with van der Waals surface area (Å²) < 4.78 is 0. The third-order valence-corrected chi connectivity index (χ3v) is 5.09. The Labute approximate surface area is 126 Å². The summed E-state index contributed by atoms with van der Waals surface area (Å²) >= 11 is 2.01. The number of nitrogens with zero attached hydrogens (tertiary/aromatic N) is 2. The molecule has 0 aliphatic heterocycles. The monoisotopic (exact) mass is 294 g/mol. The highest BCUT2D eigenvalue weighted by Gasteiger charge is 2.21. The summed E-state index contributed by atoms with van der Waals surface area (Å²) in [5.74, 6) is 2.79. The van der Waals surface area contributed by atoms with Crippen LogP contribution in [-0.2, 0) is 0 Å². The molecular formula is C15H26N4S. The zero-order valence-electron chi connectivity index (χ0n) is 13.0. The Morgan fingerprint density at radius 3 is 2.35 bits per heavy atom. The predicted molar refractivity (Wildman–Crippen MR) is 88.9 cm³/mol. The van der Waals surface area contributed by atoms with Crippen LogP contribution in [0.25, 0.3) is 0 Å². The summed E-state index contributed by atoms with van der Waals surface area (Å²) in [5.41, 5.74) is 1.13. The van der Waals surface area contributed by atoms with Crippen molar-refractivity contribution >= 4 is 23.4 Å². The van der Waals surface area contributed by atoms with E-state index in [0.717, 1.165) is 34.8 Å². The van der Waals surface area contributed by atoms with Crippen molar-refractivity contribution in [2.24, 2.45) is 0 Å². The molecule has 4 nitrogen and oxygen atoms in total. The van der Waals surface area contributed by atoms with Gasteiger partial charge in [-0.2, -0.15) is 11.8 Å². The van der Waals surface area contributed by atoms with E-state index in [4.69, 9.17) is 0 Å². The van der Waals surface area contributed by atoms with E-state index in [1.807, 2.05) is 18.7 Å². The van der Waals surface area contributed by atoms with Crippen LogP contribution < -0.4 is 10.6 Å². The average Bonchev–Trinajstić information content (AvgIpc) is 2.45. The molecule has 112 valence electrons. The Morgan fingerprint density at radius 2 is 1.75 bits per heavy atom. The van der Waals surface area contributed by atoms with E-state index < -0.39 is 0 Å². The molecule has 0 saturated heterocycles. The van der Waals surface area contributed by atoms with Crippen LogP contribution in [0.3, 0.4) is 0 Å². The highest BCUT2D eigenvalue weighted by Crippen LogP contribution is 2.29. The fourth-order valence-electron chi connectivity index (χ4n) is 2.74. The van der Waals surface area contributed by atoms with Crippen molar-refractivity contribution in [3.05, 3.63) is 11.4 Å². The SMILES string of the molecule is CCNc1nc(C)nc(NC2CCC(SC)CC2)c1C. The highest BCUT2D eigenvalue weighted by atomic mass is 32.2. The molecule has 1 heterocycles. The lowest BCUT2D eigenvalue weighted by atomic mass is 9.95. The summed E-state index contributed by atoms with van der Waals surface area (Å²) in [6.45, 7) is 7.02. The number of hydrogen-bond acceptors (Lipinski definition) is 5. The lowest BCUT2D eigenvalue weighted by Gasteiger charge is -2.29. The summed E-state index contributed by atoms with van der Waals surface area (Å²) in [5, 5.41) is 7.79. The van der Waals surface area contributed by atoms with Crippen molar-refractivity contribution in [1.82, 2.24) is 9.97 Å². The van der Waals surface area contributed by atoms with Gasteiger partial charge in [-0.3, -0.25) is 0 Å². The zero-order chi connectivity index (χ0) is 14.5. The van der Waals surface area contributed by atoms with Gasteiger partial charge in [-0.15, -0.1) is 0 Å². The summed E-state index contributed by atoms with van der Waals surface area (Å²) in [4.78, 5) is 9.06. The molecule has 1 saturated carbocycles. The number of nitrogens with one attached hydrogen (secondary N) is 2. The highest BCUT2D eigenvalue weighted by molar-refractivity contribution is 7.99. The molecule has 1 aliphatic rings. The van der Waals surface area contributed by atoms with Crippen LogP contribution in [0.4, 0.5) is 11.6 Å². The van der Waals surface area contributed by atoms with Crippen molar-refractivity contribution < 1.29 is 0 Å². The van der Waals surface area contributed by atoms with Gasteiger partial charge >= 0.3 is 0 Å². The Morgan fingerprint density at radius 1 is 1.10 bits per heavy atom. The number of hydrogen-bond donors (Lipinski definition) is 2. The van der Waals surface area contributed by atoms with Gasteiger partial charge < -0.3 is 10.6 Å². The Balaban J connectivity index is 2.05. The van der Waals surface area contributed by atoms with E-state index in [0.29, 0.717) is 6.04 Å². The van der Waals surface area contributed by atoms with Crippen molar-refractivity contribution in [2.75, 3.05) is 23.4 Å². The molecule has 0 amide bonds. The fourth-order valence-corrected chi connectivity index (χ4v) is 3.49. The third-order valence-electron chi connectivity index (χ3n) is 3.95. The maximum atomic E-state index is 4.58. The van der Waals surface area contributed by atoms with Crippen LogP contribution in [0.15, 0.2) is 0 Å². The van der Waals surface area contributed by atoms with Gasteiger partial charge in [-0.05, 0) is 52.7 Å². The van der Waals surface area contributed by atoms with Crippen LogP contribution >= 0.6 is 11.8 Å². The first kappa shape index (κ1) is 15.4. The van der Waals surface area contributed by atoms with Gasteiger partial charge in [0, 0.05) is 23.4 Å². The Bertz CT molecular complexity index is 442. The number of aryl methyl sites for hydroxylation is 1. The molecule has 2 N–H and O–H groups in total. The molecule has 1 aromatic heterocycles. The van der Waals surface area contributed by atoms with E-state index in [2.05, 4.69) is 40.7 Å². The molecule has 0 bridgehead atoms. The lowest BCUT2D eigenvalue weighted by Crippen LogP contribution is -2.28. The van der Waals surface area contributed by atoms with Crippen LogP contribution in [0.5, 0.6) is 0 Å². The quantitative estimate of drug-likeness (QED) is 0.869. The molecule has 0 spiro atoms. The van der Waals surface area contributed by atoms with Crippen LogP contribution in [0.2, 0.25) is 0 Å². The lowest BCUT2D eigenvalue weighted by molar-refractivity contribution is 0.472. The molecule has 0 unspecified atom stereocenters. The van der Waals surface area contributed by atoms with E-state index >= 15 is 0 Å². The minimum absolute atomic E-state index is 0.556. The standard InChI is InChI=1S/C15H26N4S/c1-5-16-14-10(2)15(18-11(3)17-14)19-12-6-8-13(20-4)9-7-12/h12-13H,5-9H2,1-4H3,(H2,16,17,18,19). The van der Waals surface area contributed by atoms with E-state index in [9.17, 15) is 0 Å². The summed E-state index contributed by atoms with van der Waals surface area (Å²) in [6.07, 6.45) is 7.32. The van der Waals surface area contributed by atoms with Gasteiger partial charge in [-0.1, -0.05) is 0 Å². The second kappa shape index (κ2) is 7.16. The van der Waals surface area contributed by atoms with Gasteiger partial charge in [0.15, 0.2) is 0 Å². The molecule has 0 aromatic carbocycles. The Kier molecular flexibility index (Phi) is 5.52. The number of anilines is 2. The third kappa shape index (κ3) is 3.78. The molecule has 1 aromatic rings. The minimum Gasteiger partial charge on any atom is -0.370 e. The van der Waals surface area contributed by atoms with Gasteiger partial charge in [-0.25, -0.2) is 9.97 Å². The van der Waals surface area contributed by atoms with Crippen molar-refractivity contribution in [3.8, 4) is 0 Å². The molecule has 1 fully saturated rings. The molecule has 0 radical (unpaired) electrons. The van der Waals surface area contributed by atoms with Gasteiger partial charge in [0.05, 0.1) is 0 Å². The zero-order valence-corrected chi connectivity index (χ0v) is 13.8. The Hall–Kier alpha value is -0.970. The maximum Gasteiger partial charge on any atom is 0.134 e. The molecule has 0 atom stereocenters. The van der Waals surface area contributed by atoms with E-state index in [1.165, 1.54) is 25.7 Å². The average molecular weight is 294 g/mol. The molecular weight excluding hydrogens is 268 g/mol. The van der Waals surface area contributed by atoms with E-state index in [1.54, 1.807) is 0 Å².